The summed E-state index contributed by atoms with van der Waals surface area (Å²) in [5.41, 5.74) is -0.0692. The summed E-state index contributed by atoms with van der Waals surface area (Å²) < 4.78 is 2.23. The molecule has 170 valence electrons. The highest BCUT2D eigenvalue weighted by Gasteiger charge is 2.23. The summed E-state index contributed by atoms with van der Waals surface area (Å²) in [5.74, 6) is 2.31. The van der Waals surface area contributed by atoms with Gasteiger partial charge in [0.05, 0.1) is 6.54 Å². The van der Waals surface area contributed by atoms with Crippen LogP contribution in [0.3, 0.4) is 0 Å². The minimum Gasteiger partial charge on any atom is -0.383 e. The summed E-state index contributed by atoms with van der Waals surface area (Å²) in [7, 11) is 0. The SMILES string of the molecule is CCNC(=NCC(C)(O)c1ccsc1)NCCCc1nnc(SC)n1CC(C)C.I. The monoisotopic (exact) mass is 566 g/mol. The van der Waals surface area contributed by atoms with E-state index in [0.29, 0.717) is 12.5 Å². The number of hydrogen-bond acceptors (Lipinski definition) is 6. The van der Waals surface area contributed by atoms with Crippen LogP contribution < -0.4 is 10.6 Å². The molecule has 30 heavy (non-hydrogen) atoms. The minimum atomic E-state index is -0.968. The second-order valence-corrected chi connectivity index (χ2v) is 9.17. The lowest BCUT2D eigenvalue weighted by Gasteiger charge is -2.21. The van der Waals surface area contributed by atoms with E-state index in [0.717, 1.165) is 55.0 Å². The molecule has 10 heteroatoms. The molecule has 3 N–H and O–H groups in total. The number of aliphatic imine (C=N–C) groups is 1. The minimum absolute atomic E-state index is 0. The van der Waals surface area contributed by atoms with Crippen LogP contribution in [0, 0.1) is 5.92 Å². The first-order valence-corrected chi connectivity index (χ1v) is 12.3. The molecule has 1 atom stereocenters. The van der Waals surface area contributed by atoms with Crippen LogP contribution in [0.5, 0.6) is 0 Å². The molecule has 2 aromatic rings. The first kappa shape index (κ1) is 27.2. The van der Waals surface area contributed by atoms with Gasteiger partial charge < -0.3 is 20.3 Å². The molecular formula is C20H35IN6OS2. The molecule has 2 aromatic heterocycles. The summed E-state index contributed by atoms with van der Waals surface area (Å²) >= 11 is 3.22. The number of hydrogen-bond donors (Lipinski definition) is 3. The molecule has 0 saturated heterocycles. The van der Waals surface area contributed by atoms with Gasteiger partial charge in [-0.3, -0.25) is 0 Å². The highest BCUT2D eigenvalue weighted by atomic mass is 127. The Labute approximate surface area is 205 Å². The fraction of sp³-hybridized carbons (Fsp3) is 0.650. The zero-order valence-electron chi connectivity index (χ0n) is 18.5. The van der Waals surface area contributed by atoms with Gasteiger partial charge in [-0.2, -0.15) is 11.3 Å². The van der Waals surface area contributed by atoms with Gasteiger partial charge in [0.2, 0.25) is 0 Å². The number of nitrogens with zero attached hydrogens (tertiary/aromatic N) is 4. The number of aliphatic hydroxyl groups is 1. The molecule has 0 spiro atoms. The highest BCUT2D eigenvalue weighted by Crippen LogP contribution is 2.23. The number of aromatic nitrogens is 3. The molecular weight excluding hydrogens is 531 g/mol. The number of thiophene rings is 1. The Morgan fingerprint density at radius 1 is 1.37 bits per heavy atom. The van der Waals surface area contributed by atoms with Crippen LogP contribution in [-0.2, 0) is 18.6 Å². The lowest BCUT2D eigenvalue weighted by molar-refractivity contribution is 0.0677. The third kappa shape index (κ3) is 8.35. The van der Waals surface area contributed by atoms with Gasteiger partial charge in [0.15, 0.2) is 11.1 Å². The molecule has 0 saturated carbocycles. The normalized spacial score (nSPS) is 13.8. The first-order valence-electron chi connectivity index (χ1n) is 10.1. The van der Waals surface area contributed by atoms with Gasteiger partial charge in [0, 0.05) is 26.1 Å². The number of nitrogens with one attached hydrogen (secondary N) is 2. The fourth-order valence-corrected chi connectivity index (χ4v) is 4.20. The van der Waals surface area contributed by atoms with E-state index in [1.807, 2.05) is 30.0 Å². The summed E-state index contributed by atoms with van der Waals surface area (Å²) in [4.78, 5) is 4.57. The second-order valence-electron chi connectivity index (χ2n) is 7.62. The van der Waals surface area contributed by atoms with Crippen molar-refractivity contribution >= 4 is 53.0 Å². The van der Waals surface area contributed by atoms with Crippen molar-refractivity contribution < 1.29 is 5.11 Å². The van der Waals surface area contributed by atoms with Crippen molar-refractivity contribution in [1.29, 1.82) is 0 Å². The summed E-state index contributed by atoms with van der Waals surface area (Å²) in [6.45, 7) is 11.0. The summed E-state index contributed by atoms with van der Waals surface area (Å²) in [6, 6.07) is 1.94. The summed E-state index contributed by atoms with van der Waals surface area (Å²) in [5, 5.41) is 30.9. The molecule has 7 nitrogen and oxygen atoms in total. The summed E-state index contributed by atoms with van der Waals surface area (Å²) in [6.07, 6.45) is 3.83. The molecule has 0 aliphatic heterocycles. The van der Waals surface area contributed by atoms with Crippen LogP contribution in [-0.4, -0.2) is 51.7 Å². The van der Waals surface area contributed by atoms with Crippen LogP contribution in [0.25, 0.3) is 0 Å². The Morgan fingerprint density at radius 2 is 2.13 bits per heavy atom. The lowest BCUT2D eigenvalue weighted by atomic mass is 10.00. The fourth-order valence-electron chi connectivity index (χ4n) is 2.89. The molecule has 0 aromatic carbocycles. The van der Waals surface area contributed by atoms with Crippen LogP contribution >= 0.6 is 47.1 Å². The maximum atomic E-state index is 10.7. The lowest BCUT2D eigenvalue weighted by Crippen LogP contribution is -2.39. The standard InChI is InChI=1S/C20H34N6OS2.HI/c1-6-21-18(23-14-20(4,27)16-9-11-29-13-16)22-10-7-8-17-24-25-19(28-5)26(17)12-15(2)3;/h9,11,13,15,27H,6-8,10,12,14H2,1-5H3,(H2,21,22,23);1H. The number of halogens is 1. The zero-order chi connectivity index (χ0) is 21.3. The average Bonchev–Trinajstić information content (AvgIpc) is 3.33. The Balaban J connectivity index is 0.00000450. The highest BCUT2D eigenvalue weighted by molar-refractivity contribution is 14.0. The van der Waals surface area contributed by atoms with E-state index in [2.05, 4.69) is 44.2 Å². The van der Waals surface area contributed by atoms with Crippen LogP contribution in [0.2, 0.25) is 0 Å². The molecule has 0 fully saturated rings. The van der Waals surface area contributed by atoms with Crippen molar-refractivity contribution in [3.8, 4) is 0 Å². The van der Waals surface area contributed by atoms with E-state index in [1.54, 1.807) is 30.0 Å². The molecule has 1 unspecified atom stereocenters. The number of aryl methyl sites for hydroxylation is 1. The van der Waals surface area contributed by atoms with Crippen LogP contribution in [0.4, 0.5) is 0 Å². The molecule has 2 heterocycles. The predicted octanol–water partition coefficient (Wildman–Crippen LogP) is 3.73. The van der Waals surface area contributed by atoms with Gasteiger partial charge in [-0.25, -0.2) is 4.99 Å². The maximum Gasteiger partial charge on any atom is 0.191 e. The van der Waals surface area contributed by atoms with Gasteiger partial charge in [-0.05, 0) is 54.8 Å². The van der Waals surface area contributed by atoms with Crippen molar-refractivity contribution in [3.63, 3.8) is 0 Å². The van der Waals surface area contributed by atoms with Crippen molar-refractivity contribution in [1.82, 2.24) is 25.4 Å². The quantitative estimate of drug-likeness (QED) is 0.126. The van der Waals surface area contributed by atoms with Crippen molar-refractivity contribution in [2.75, 3.05) is 25.9 Å². The molecule has 2 rings (SSSR count). The van der Waals surface area contributed by atoms with E-state index >= 15 is 0 Å². The van der Waals surface area contributed by atoms with Crippen molar-refractivity contribution in [2.24, 2.45) is 10.9 Å². The van der Waals surface area contributed by atoms with Crippen LogP contribution in [0.1, 0.15) is 45.5 Å². The van der Waals surface area contributed by atoms with E-state index in [9.17, 15) is 5.11 Å². The molecule has 0 aliphatic rings. The maximum absolute atomic E-state index is 10.7. The topological polar surface area (TPSA) is 87.4 Å². The largest absolute Gasteiger partial charge is 0.383 e. The smallest absolute Gasteiger partial charge is 0.191 e. The first-order chi connectivity index (χ1) is 13.9. The van der Waals surface area contributed by atoms with Gasteiger partial charge in [-0.15, -0.1) is 34.2 Å². The predicted molar refractivity (Wildman–Crippen MR) is 138 cm³/mol. The zero-order valence-corrected chi connectivity index (χ0v) is 22.5. The Hall–Kier alpha value is -0.850. The Bertz CT molecular complexity index is 761. The molecule has 0 bridgehead atoms. The number of thioether (sulfide) groups is 1. The number of guanidine groups is 1. The third-order valence-corrected chi connectivity index (χ3v) is 5.78. The van der Waals surface area contributed by atoms with E-state index in [1.165, 1.54) is 0 Å². The van der Waals surface area contributed by atoms with E-state index in [-0.39, 0.29) is 24.0 Å². The Kier molecular flexibility index (Phi) is 12.3. The average molecular weight is 567 g/mol. The van der Waals surface area contributed by atoms with Crippen molar-refractivity contribution in [2.45, 2.75) is 57.8 Å². The van der Waals surface area contributed by atoms with Gasteiger partial charge >= 0.3 is 0 Å². The van der Waals surface area contributed by atoms with Gasteiger partial charge in [-0.1, -0.05) is 25.6 Å². The number of rotatable bonds is 11. The van der Waals surface area contributed by atoms with E-state index < -0.39 is 5.60 Å². The van der Waals surface area contributed by atoms with E-state index in [4.69, 9.17) is 0 Å². The third-order valence-electron chi connectivity index (χ3n) is 4.43. The van der Waals surface area contributed by atoms with Crippen molar-refractivity contribution in [3.05, 3.63) is 28.2 Å². The Morgan fingerprint density at radius 3 is 2.73 bits per heavy atom. The second kappa shape index (κ2) is 13.5. The molecule has 0 aliphatic carbocycles. The van der Waals surface area contributed by atoms with Gasteiger partial charge in [0.1, 0.15) is 11.4 Å². The van der Waals surface area contributed by atoms with Gasteiger partial charge in [0.25, 0.3) is 0 Å². The van der Waals surface area contributed by atoms with Crippen LogP contribution in [0.15, 0.2) is 27.0 Å². The molecule has 0 amide bonds. The molecule has 0 radical (unpaired) electrons.